The first kappa shape index (κ1) is 15.1. The molecule has 0 aliphatic carbocycles. The van der Waals surface area contributed by atoms with Gasteiger partial charge in [0, 0.05) is 30.4 Å². The monoisotopic (exact) mass is 301 g/mol. The van der Waals surface area contributed by atoms with E-state index in [1.807, 2.05) is 60.5 Å². The number of anilines is 1. The predicted molar refractivity (Wildman–Crippen MR) is 86.7 cm³/mol. The molecular formula is C17H16ClNO2. The maximum atomic E-state index is 10.7. The molecule has 0 aliphatic heterocycles. The molecule has 0 bridgehead atoms. The zero-order valence-electron chi connectivity index (χ0n) is 11.7. The van der Waals surface area contributed by atoms with Crippen LogP contribution in [0.15, 0.2) is 54.6 Å². The quantitative estimate of drug-likeness (QED) is 0.846. The van der Waals surface area contributed by atoms with Crippen LogP contribution in [0.2, 0.25) is 5.02 Å². The van der Waals surface area contributed by atoms with Gasteiger partial charge >= 0.3 is 5.97 Å². The van der Waals surface area contributed by atoms with Crippen molar-refractivity contribution in [3.05, 3.63) is 70.8 Å². The van der Waals surface area contributed by atoms with Gasteiger partial charge in [-0.25, -0.2) is 4.79 Å². The number of rotatable bonds is 5. The molecule has 0 atom stereocenters. The van der Waals surface area contributed by atoms with Gasteiger partial charge in [-0.15, -0.1) is 0 Å². The molecule has 0 amide bonds. The minimum atomic E-state index is -0.960. The summed E-state index contributed by atoms with van der Waals surface area (Å²) in [6, 6.07) is 15.3. The fourth-order valence-electron chi connectivity index (χ4n) is 2.10. The first-order valence-corrected chi connectivity index (χ1v) is 6.90. The average molecular weight is 302 g/mol. The van der Waals surface area contributed by atoms with Gasteiger partial charge in [0.25, 0.3) is 0 Å². The van der Waals surface area contributed by atoms with Crippen LogP contribution in [0, 0.1) is 0 Å². The highest BCUT2D eigenvalue weighted by atomic mass is 35.5. The molecule has 0 aromatic heterocycles. The third-order valence-electron chi connectivity index (χ3n) is 3.12. The number of aliphatic carboxylic acids is 1. The highest BCUT2D eigenvalue weighted by molar-refractivity contribution is 6.31. The Kier molecular flexibility index (Phi) is 5.01. The Morgan fingerprint density at radius 3 is 2.57 bits per heavy atom. The van der Waals surface area contributed by atoms with Crippen molar-refractivity contribution < 1.29 is 9.90 Å². The van der Waals surface area contributed by atoms with E-state index >= 15 is 0 Å². The second-order valence-corrected chi connectivity index (χ2v) is 5.09. The molecule has 0 aliphatic rings. The van der Waals surface area contributed by atoms with Crippen LogP contribution >= 0.6 is 11.6 Å². The van der Waals surface area contributed by atoms with Crippen molar-refractivity contribution in [1.82, 2.24) is 0 Å². The molecule has 0 spiro atoms. The van der Waals surface area contributed by atoms with Crippen molar-refractivity contribution in [2.45, 2.75) is 6.54 Å². The summed E-state index contributed by atoms with van der Waals surface area (Å²) in [5, 5.41) is 9.48. The summed E-state index contributed by atoms with van der Waals surface area (Å²) in [4.78, 5) is 12.7. The van der Waals surface area contributed by atoms with Crippen LogP contribution in [-0.4, -0.2) is 18.1 Å². The van der Waals surface area contributed by atoms with Crippen molar-refractivity contribution in [3.8, 4) is 0 Å². The zero-order chi connectivity index (χ0) is 15.2. The maximum absolute atomic E-state index is 10.7. The second kappa shape index (κ2) is 6.95. The number of carbonyl (C=O) groups is 1. The van der Waals surface area contributed by atoms with E-state index in [1.54, 1.807) is 6.08 Å². The fraction of sp³-hybridized carbons (Fsp3) is 0.118. The summed E-state index contributed by atoms with van der Waals surface area (Å²) in [5.74, 6) is -0.960. The lowest BCUT2D eigenvalue weighted by atomic mass is 10.1. The van der Waals surface area contributed by atoms with E-state index in [4.69, 9.17) is 16.7 Å². The van der Waals surface area contributed by atoms with Crippen LogP contribution < -0.4 is 4.90 Å². The molecular weight excluding hydrogens is 286 g/mol. The molecule has 2 aromatic carbocycles. The Morgan fingerprint density at radius 1 is 1.19 bits per heavy atom. The van der Waals surface area contributed by atoms with E-state index in [0.29, 0.717) is 6.54 Å². The van der Waals surface area contributed by atoms with E-state index in [-0.39, 0.29) is 0 Å². The normalized spacial score (nSPS) is 10.8. The molecule has 21 heavy (non-hydrogen) atoms. The van der Waals surface area contributed by atoms with E-state index < -0.39 is 5.97 Å². The van der Waals surface area contributed by atoms with Crippen LogP contribution in [0.1, 0.15) is 11.1 Å². The number of benzene rings is 2. The molecule has 108 valence electrons. The number of carboxylic acids is 1. The van der Waals surface area contributed by atoms with Gasteiger partial charge in [-0.2, -0.15) is 0 Å². The van der Waals surface area contributed by atoms with Gasteiger partial charge in [-0.3, -0.25) is 0 Å². The first-order valence-electron chi connectivity index (χ1n) is 6.52. The van der Waals surface area contributed by atoms with Gasteiger partial charge in [-0.1, -0.05) is 48.0 Å². The van der Waals surface area contributed by atoms with Gasteiger partial charge in [0.2, 0.25) is 0 Å². The summed E-state index contributed by atoms with van der Waals surface area (Å²) in [6.45, 7) is 0.650. The van der Waals surface area contributed by atoms with Crippen LogP contribution in [0.3, 0.4) is 0 Å². The Bertz CT molecular complexity index is 667. The van der Waals surface area contributed by atoms with Crippen LogP contribution in [0.4, 0.5) is 5.69 Å². The van der Waals surface area contributed by atoms with Gasteiger partial charge < -0.3 is 10.0 Å². The average Bonchev–Trinajstić information content (AvgIpc) is 2.47. The maximum Gasteiger partial charge on any atom is 0.328 e. The molecule has 0 saturated heterocycles. The molecule has 0 heterocycles. The Morgan fingerprint density at radius 2 is 1.86 bits per heavy atom. The summed E-state index contributed by atoms with van der Waals surface area (Å²) in [6.07, 6.45) is 2.74. The molecule has 0 unspecified atom stereocenters. The number of nitrogens with zero attached hydrogens (tertiary/aromatic N) is 1. The van der Waals surface area contributed by atoms with Crippen molar-refractivity contribution in [1.29, 1.82) is 0 Å². The predicted octanol–water partition coefficient (Wildman–Crippen LogP) is 4.07. The number of para-hydroxylation sites is 1. The topological polar surface area (TPSA) is 40.5 Å². The highest BCUT2D eigenvalue weighted by Gasteiger charge is 2.08. The van der Waals surface area contributed by atoms with Gasteiger partial charge in [0.1, 0.15) is 0 Å². The van der Waals surface area contributed by atoms with Gasteiger partial charge in [-0.05, 0) is 29.3 Å². The second-order valence-electron chi connectivity index (χ2n) is 4.68. The van der Waals surface area contributed by atoms with Crippen LogP contribution in [0.5, 0.6) is 0 Å². The van der Waals surface area contributed by atoms with Crippen molar-refractivity contribution in [3.63, 3.8) is 0 Å². The standard InChI is InChI=1S/C17H16ClNO2/c1-19(12-14-7-2-4-8-15(14)18)16-9-5-3-6-13(16)10-11-17(20)21/h2-11H,12H2,1H3,(H,20,21). The number of halogens is 1. The summed E-state index contributed by atoms with van der Waals surface area (Å²) in [7, 11) is 1.96. The number of hydrogen-bond acceptors (Lipinski definition) is 2. The highest BCUT2D eigenvalue weighted by Crippen LogP contribution is 2.24. The summed E-state index contributed by atoms with van der Waals surface area (Å²) >= 11 is 6.18. The molecule has 0 saturated carbocycles. The molecule has 0 fully saturated rings. The van der Waals surface area contributed by atoms with Crippen LogP contribution in [0.25, 0.3) is 6.08 Å². The Labute approximate surface area is 129 Å². The molecule has 1 N–H and O–H groups in total. The summed E-state index contributed by atoms with van der Waals surface area (Å²) < 4.78 is 0. The van der Waals surface area contributed by atoms with Gasteiger partial charge in [0.05, 0.1) is 0 Å². The third-order valence-corrected chi connectivity index (χ3v) is 3.49. The number of hydrogen-bond donors (Lipinski definition) is 1. The minimum absolute atomic E-state index is 0.650. The van der Waals surface area contributed by atoms with Crippen molar-refractivity contribution in [2.75, 3.05) is 11.9 Å². The third kappa shape index (κ3) is 4.10. The molecule has 2 aromatic rings. The first-order chi connectivity index (χ1) is 10.1. The summed E-state index contributed by atoms with van der Waals surface area (Å²) in [5.41, 5.74) is 2.84. The van der Waals surface area contributed by atoms with E-state index in [0.717, 1.165) is 27.9 Å². The van der Waals surface area contributed by atoms with Gasteiger partial charge in [0.15, 0.2) is 0 Å². The van der Waals surface area contributed by atoms with E-state index in [1.165, 1.54) is 0 Å². The van der Waals surface area contributed by atoms with Crippen molar-refractivity contribution >= 4 is 29.3 Å². The lowest BCUT2D eigenvalue weighted by Crippen LogP contribution is -2.17. The molecule has 0 radical (unpaired) electrons. The molecule has 2 rings (SSSR count). The zero-order valence-corrected chi connectivity index (χ0v) is 12.4. The largest absolute Gasteiger partial charge is 0.478 e. The van der Waals surface area contributed by atoms with Crippen molar-refractivity contribution in [2.24, 2.45) is 0 Å². The molecule has 4 heteroatoms. The lowest BCUT2D eigenvalue weighted by molar-refractivity contribution is -0.131. The smallest absolute Gasteiger partial charge is 0.328 e. The van der Waals surface area contributed by atoms with E-state index in [2.05, 4.69) is 0 Å². The molecule has 3 nitrogen and oxygen atoms in total. The number of carboxylic acid groups (broad SMARTS) is 1. The van der Waals surface area contributed by atoms with E-state index in [9.17, 15) is 4.79 Å². The Balaban J connectivity index is 2.25. The van der Waals surface area contributed by atoms with Crippen LogP contribution in [-0.2, 0) is 11.3 Å². The lowest BCUT2D eigenvalue weighted by Gasteiger charge is -2.22. The Hall–Kier alpha value is -2.26. The minimum Gasteiger partial charge on any atom is -0.478 e. The SMILES string of the molecule is CN(Cc1ccccc1Cl)c1ccccc1C=CC(=O)O. The fourth-order valence-corrected chi connectivity index (χ4v) is 2.30.